The quantitative estimate of drug-likeness (QED) is 0.527. The summed E-state index contributed by atoms with van der Waals surface area (Å²) >= 11 is 6.01. The summed E-state index contributed by atoms with van der Waals surface area (Å²) in [7, 11) is 0. The summed E-state index contributed by atoms with van der Waals surface area (Å²) in [5.74, 6) is 0. The highest BCUT2D eigenvalue weighted by Crippen LogP contribution is 2.25. The van der Waals surface area contributed by atoms with E-state index in [0.717, 1.165) is 16.3 Å². The molecule has 0 unspecified atom stereocenters. The van der Waals surface area contributed by atoms with Crippen LogP contribution in [0.1, 0.15) is 11.1 Å². The summed E-state index contributed by atoms with van der Waals surface area (Å²) in [6, 6.07) is 19.1. The van der Waals surface area contributed by atoms with Gasteiger partial charge in [-0.3, -0.25) is 5.41 Å². The minimum absolute atomic E-state index is 0.391. The van der Waals surface area contributed by atoms with E-state index in [1.807, 2.05) is 42.5 Å². The van der Waals surface area contributed by atoms with Crippen molar-refractivity contribution >= 4 is 33.8 Å². The maximum absolute atomic E-state index is 8.45. The molecular weight excluding hydrogens is 268 g/mol. The number of nitrogen functional groups attached to an aromatic ring is 1. The van der Waals surface area contributed by atoms with Gasteiger partial charge >= 0.3 is 0 Å². The van der Waals surface area contributed by atoms with Crippen molar-refractivity contribution in [2.75, 3.05) is 5.73 Å². The summed E-state index contributed by atoms with van der Waals surface area (Å²) in [4.78, 5) is 0. The molecule has 3 rings (SSSR count). The van der Waals surface area contributed by atoms with Crippen molar-refractivity contribution in [3.05, 3.63) is 76.8 Å². The lowest BCUT2D eigenvalue weighted by molar-refractivity contribution is 1.47. The smallest absolute Gasteiger partial charge is 0.0712 e. The zero-order valence-electron chi connectivity index (χ0n) is 10.7. The van der Waals surface area contributed by atoms with Crippen LogP contribution in [-0.4, -0.2) is 5.71 Å². The highest BCUT2D eigenvalue weighted by Gasteiger charge is 2.11. The second-order valence-corrected chi connectivity index (χ2v) is 5.07. The van der Waals surface area contributed by atoms with Gasteiger partial charge in [0.15, 0.2) is 0 Å². The van der Waals surface area contributed by atoms with Gasteiger partial charge in [-0.1, -0.05) is 54.1 Å². The molecule has 0 aliphatic heterocycles. The van der Waals surface area contributed by atoms with E-state index >= 15 is 0 Å². The van der Waals surface area contributed by atoms with Gasteiger partial charge in [-0.05, 0) is 29.0 Å². The topological polar surface area (TPSA) is 49.9 Å². The Hall–Kier alpha value is -2.32. The van der Waals surface area contributed by atoms with Crippen molar-refractivity contribution in [1.29, 1.82) is 5.41 Å². The Kier molecular flexibility index (Phi) is 3.17. The second-order valence-electron chi connectivity index (χ2n) is 4.63. The number of rotatable bonds is 2. The SMILES string of the molecule is N=C(c1cc(Cl)ccc1N)c1cccc2ccccc12. The van der Waals surface area contributed by atoms with Crippen molar-refractivity contribution < 1.29 is 0 Å². The van der Waals surface area contributed by atoms with E-state index in [2.05, 4.69) is 0 Å². The van der Waals surface area contributed by atoms with E-state index in [0.29, 0.717) is 22.0 Å². The molecule has 0 bridgehead atoms. The Morgan fingerprint density at radius 2 is 1.65 bits per heavy atom. The third-order valence-corrected chi connectivity index (χ3v) is 3.58. The Bertz CT molecular complexity index is 804. The number of hydrogen-bond acceptors (Lipinski definition) is 2. The average Bonchev–Trinajstić information content (AvgIpc) is 2.48. The largest absolute Gasteiger partial charge is 0.398 e. The standard InChI is InChI=1S/C17H13ClN2/c18-12-8-9-16(19)15(10-12)17(20)14-7-3-5-11-4-1-2-6-13(11)14/h1-10,20H,19H2. The molecule has 0 fully saturated rings. The van der Waals surface area contributed by atoms with E-state index in [1.165, 1.54) is 0 Å². The first-order valence-corrected chi connectivity index (χ1v) is 6.67. The average molecular weight is 281 g/mol. The fraction of sp³-hybridized carbons (Fsp3) is 0. The molecule has 3 aromatic rings. The second kappa shape index (κ2) is 4.99. The lowest BCUT2D eigenvalue weighted by Crippen LogP contribution is -2.06. The molecule has 0 spiro atoms. The molecular formula is C17H13ClN2. The summed E-state index contributed by atoms with van der Waals surface area (Å²) in [6.45, 7) is 0. The van der Waals surface area contributed by atoms with E-state index < -0.39 is 0 Å². The Labute approximate surface area is 122 Å². The molecule has 3 N–H and O–H groups in total. The lowest BCUT2D eigenvalue weighted by Gasteiger charge is -2.11. The molecule has 3 heteroatoms. The Morgan fingerprint density at radius 3 is 2.50 bits per heavy atom. The van der Waals surface area contributed by atoms with Gasteiger partial charge in [0.05, 0.1) is 5.71 Å². The third-order valence-electron chi connectivity index (χ3n) is 3.34. The number of nitrogens with two attached hydrogens (primary N) is 1. The van der Waals surface area contributed by atoms with Crippen LogP contribution in [0.2, 0.25) is 5.02 Å². The van der Waals surface area contributed by atoms with Gasteiger partial charge in [0.2, 0.25) is 0 Å². The van der Waals surface area contributed by atoms with E-state index in [4.69, 9.17) is 22.7 Å². The van der Waals surface area contributed by atoms with E-state index in [1.54, 1.807) is 18.2 Å². The molecule has 2 nitrogen and oxygen atoms in total. The molecule has 0 heterocycles. The van der Waals surface area contributed by atoms with Crippen LogP contribution >= 0.6 is 11.6 Å². The molecule has 0 atom stereocenters. The summed E-state index contributed by atoms with van der Waals surface area (Å²) < 4.78 is 0. The predicted octanol–water partition coefficient (Wildman–Crippen LogP) is 4.49. The predicted molar refractivity (Wildman–Crippen MR) is 85.7 cm³/mol. The number of benzene rings is 3. The number of anilines is 1. The molecule has 0 saturated carbocycles. The lowest BCUT2D eigenvalue weighted by atomic mass is 9.96. The maximum Gasteiger partial charge on any atom is 0.0712 e. The minimum Gasteiger partial charge on any atom is -0.398 e. The number of nitrogens with one attached hydrogen (secondary N) is 1. The van der Waals surface area contributed by atoms with Gasteiger partial charge < -0.3 is 5.73 Å². The van der Waals surface area contributed by atoms with Gasteiger partial charge in [0.25, 0.3) is 0 Å². The van der Waals surface area contributed by atoms with Crippen molar-refractivity contribution in [2.45, 2.75) is 0 Å². The van der Waals surface area contributed by atoms with Crippen molar-refractivity contribution in [2.24, 2.45) is 0 Å². The first-order chi connectivity index (χ1) is 9.66. The third kappa shape index (κ3) is 2.15. The van der Waals surface area contributed by atoms with Crippen LogP contribution in [0, 0.1) is 5.41 Å². The van der Waals surface area contributed by atoms with Crippen LogP contribution in [0.5, 0.6) is 0 Å². The van der Waals surface area contributed by atoms with Gasteiger partial charge in [-0.25, -0.2) is 0 Å². The molecule has 0 aliphatic carbocycles. The molecule has 3 aromatic carbocycles. The van der Waals surface area contributed by atoms with Crippen LogP contribution in [-0.2, 0) is 0 Å². The van der Waals surface area contributed by atoms with Gasteiger partial charge in [0.1, 0.15) is 0 Å². The fourth-order valence-electron chi connectivity index (χ4n) is 2.33. The van der Waals surface area contributed by atoms with Crippen LogP contribution < -0.4 is 5.73 Å². The summed E-state index contributed by atoms with van der Waals surface area (Å²) in [5.41, 5.74) is 8.44. The van der Waals surface area contributed by atoms with Crippen molar-refractivity contribution in [3.8, 4) is 0 Å². The molecule has 98 valence electrons. The molecule has 20 heavy (non-hydrogen) atoms. The van der Waals surface area contributed by atoms with Gasteiger partial charge in [0, 0.05) is 21.8 Å². The monoisotopic (exact) mass is 280 g/mol. The highest BCUT2D eigenvalue weighted by atomic mass is 35.5. The summed E-state index contributed by atoms with van der Waals surface area (Å²) in [6.07, 6.45) is 0. The Balaban J connectivity index is 2.20. The van der Waals surface area contributed by atoms with Crippen LogP contribution in [0.25, 0.3) is 10.8 Å². The first-order valence-electron chi connectivity index (χ1n) is 6.29. The summed E-state index contributed by atoms with van der Waals surface area (Å²) in [5, 5.41) is 11.2. The highest BCUT2D eigenvalue weighted by molar-refractivity contribution is 6.31. The number of fused-ring (bicyclic) bond motifs is 1. The molecule has 0 amide bonds. The minimum atomic E-state index is 0.391. The molecule has 0 saturated heterocycles. The van der Waals surface area contributed by atoms with Crippen LogP contribution in [0.3, 0.4) is 0 Å². The van der Waals surface area contributed by atoms with Crippen LogP contribution in [0.15, 0.2) is 60.7 Å². The zero-order chi connectivity index (χ0) is 14.1. The van der Waals surface area contributed by atoms with Crippen molar-refractivity contribution in [3.63, 3.8) is 0 Å². The van der Waals surface area contributed by atoms with E-state index in [9.17, 15) is 0 Å². The number of halogens is 1. The molecule has 0 aliphatic rings. The van der Waals surface area contributed by atoms with Gasteiger partial charge in [-0.2, -0.15) is 0 Å². The van der Waals surface area contributed by atoms with E-state index in [-0.39, 0.29) is 0 Å². The zero-order valence-corrected chi connectivity index (χ0v) is 11.5. The normalized spacial score (nSPS) is 10.7. The maximum atomic E-state index is 8.45. The molecule has 0 radical (unpaired) electrons. The first kappa shape index (κ1) is 12.7. The van der Waals surface area contributed by atoms with Crippen molar-refractivity contribution in [1.82, 2.24) is 0 Å². The van der Waals surface area contributed by atoms with Crippen LogP contribution in [0.4, 0.5) is 5.69 Å². The van der Waals surface area contributed by atoms with Gasteiger partial charge in [-0.15, -0.1) is 0 Å². The Morgan fingerprint density at radius 1 is 0.900 bits per heavy atom. The fourth-order valence-corrected chi connectivity index (χ4v) is 2.51. The molecule has 0 aromatic heterocycles. The number of hydrogen-bond donors (Lipinski definition) is 2.